The Bertz CT molecular complexity index is 894. The molecule has 1 aromatic heterocycles. The van der Waals surface area contributed by atoms with Crippen LogP contribution in [0.25, 0.3) is 0 Å². The number of aliphatic imine (C=N–C) groups is 1. The Labute approximate surface area is 139 Å². The van der Waals surface area contributed by atoms with Crippen molar-refractivity contribution in [2.75, 3.05) is 0 Å². The summed E-state index contributed by atoms with van der Waals surface area (Å²) in [5.74, 6) is 0.766. The van der Waals surface area contributed by atoms with Crippen molar-refractivity contribution in [3.05, 3.63) is 87.6 Å². The van der Waals surface area contributed by atoms with Crippen LogP contribution >= 0.6 is 11.3 Å². The standard InChI is InChI=1S/C19H15N3S/c1-13-9-10-16-15(12-13)18(17-8-5-11-23-17)21-22-19(20-16)14-6-3-2-4-7-14/h2-12H,1H3,(H,20,22). The SMILES string of the molecule is Cc1ccc2c(c1)C(c1cccs1)=NNC(c1ccccc1)=N2. The van der Waals surface area contributed by atoms with Gasteiger partial charge in [-0.15, -0.1) is 11.3 Å². The largest absolute Gasteiger partial charge is 0.260 e. The third-order valence-electron chi connectivity index (χ3n) is 3.71. The molecule has 4 heteroatoms. The average molecular weight is 317 g/mol. The number of thiophene rings is 1. The number of fused-ring (bicyclic) bond motifs is 1. The number of nitrogens with zero attached hydrogens (tertiary/aromatic N) is 2. The van der Waals surface area contributed by atoms with Crippen LogP contribution in [0, 0.1) is 6.92 Å². The average Bonchev–Trinajstić information content (AvgIpc) is 3.04. The lowest BCUT2D eigenvalue weighted by atomic mass is 10.0. The van der Waals surface area contributed by atoms with Gasteiger partial charge in [-0.2, -0.15) is 5.10 Å². The maximum Gasteiger partial charge on any atom is 0.154 e. The maximum absolute atomic E-state index is 4.81. The van der Waals surface area contributed by atoms with Crippen LogP contribution in [0.1, 0.15) is 21.6 Å². The van der Waals surface area contributed by atoms with Gasteiger partial charge in [0.15, 0.2) is 5.84 Å². The van der Waals surface area contributed by atoms with Gasteiger partial charge in [0, 0.05) is 11.1 Å². The molecule has 0 atom stereocenters. The van der Waals surface area contributed by atoms with Crippen LogP contribution in [-0.2, 0) is 0 Å². The molecule has 0 radical (unpaired) electrons. The van der Waals surface area contributed by atoms with Gasteiger partial charge in [-0.05, 0) is 30.5 Å². The first kappa shape index (κ1) is 13.9. The number of amidine groups is 1. The summed E-state index contributed by atoms with van der Waals surface area (Å²) in [4.78, 5) is 5.94. The van der Waals surface area contributed by atoms with Crippen molar-refractivity contribution in [1.82, 2.24) is 5.43 Å². The predicted octanol–water partition coefficient (Wildman–Crippen LogP) is 4.49. The Hall–Kier alpha value is -2.72. The Kier molecular flexibility index (Phi) is 3.52. The van der Waals surface area contributed by atoms with E-state index in [0.717, 1.165) is 33.2 Å². The van der Waals surface area contributed by atoms with Crippen LogP contribution in [0.4, 0.5) is 5.69 Å². The summed E-state index contributed by atoms with van der Waals surface area (Å²) in [6.07, 6.45) is 0. The zero-order valence-electron chi connectivity index (χ0n) is 12.7. The number of hydrazone groups is 1. The van der Waals surface area contributed by atoms with Crippen molar-refractivity contribution in [3.63, 3.8) is 0 Å². The van der Waals surface area contributed by atoms with Crippen LogP contribution in [0.2, 0.25) is 0 Å². The minimum Gasteiger partial charge on any atom is -0.260 e. The molecular weight excluding hydrogens is 302 g/mol. The molecule has 23 heavy (non-hydrogen) atoms. The number of benzene rings is 2. The Morgan fingerprint density at radius 3 is 2.61 bits per heavy atom. The fourth-order valence-electron chi connectivity index (χ4n) is 2.58. The molecular formula is C19H15N3S. The van der Waals surface area contributed by atoms with E-state index in [1.165, 1.54) is 5.56 Å². The predicted molar refractivity (Wildman–Crippen MR) is 96.9 cm³/mol. The van der Waals surface area contributed by atoms with Crippen LogP contribution in [0.15, 0.2) is 76.1 Å². The highest BCUT2D eigenvalue weighted by molar-refractivity contribution is 7.12. The van der Waals surface area contributed by atoms with E-state index in [1.54, 1.807) is 11.3 Å². The molecule has 0 saturated heterocycles. The lowest BCUT2D eigenvalue weighted by molar-refractivity contribution is 1.03. The summed E-state index contributed by atoms with van der Waals surface area (Å²) in [5.41, 5.74) is 8.31. The van der Waals surface area contributed by atoms with Crippen LogP contribution in [0.5, 0.6) is 0 Å². The summed E-state index contributed by atoms with van der Waals surface area (Å²) in [5, 5.41) is 6.72. The second-order valence-corrected chi connectivity index (χ2v) is 6.34. The molecule has 0 amide bonds. The minimum absolute atomic E-state index is 0.766. The van der Waals surface area contributed by atoms with Crippen molar-refractivity contribution >= 4 is 28.6 Å². The van der Waals surface area contributed by atoms with Crippen molar-refractivity contribution in [2.45, 2.75) is 6.92 Å². The molecule has 1 aliphatic heterocycles. The van der Waals surface area contributed by atoms with E-state index in [9.17, 15) is 0 Å². The van der Waals surface area contributed by atoms with Gasteiger partial charge in [0.2, 0.25) is 0 Å². The Morgan fingerprint density at radius 2 is 1.83 bits per heavy atom. The summed E-state index contributed by atoms with van der Waals surface area (Å²) in [7, 11) is 0. The number of hydrogen-bond donors (Lipinski definition) is 1. The topological polar surface area (TPSA) is 36.8 Å². The summed E-state index contributed by atoms with van der Waals surface area (Å²) < 4.78 is 0. The molecule has 0 bridgehead atoms. The van der Waals surface area contributed by atoms with Gasteiger partial charge in [-0.1, -0.05) is 48.0 Å². The molecule has 1 aliphatic rings. The van der Waals surface area contributed by atoms with E-state index >= 15 is 0 Å². The third-order valence-corrected chi connectivity index (χ3v) is 4.59. The molecule has 4 rings (SSSR count). The van der Waals surface area contributed by atoms with Crippen LogP contribution in [-0.4, -0.2) is 11.5 Å². The third kappa shape index (κ3) is 2.69. The molecule has 3 nitrogen and oxygen atoms in total. The van der Waals surface area contributed by atoms with E-state index in [2.05, 4.69) is 47.1 Å². The summed E-state index contributed by atoms with van der Waals surface area (Å²) >= 11 is 1.68. The van der Waals surface area contributed by atoms with E-state index in [-0.39, 0.29) is 0 Å². The molecule has 0 saturated carbocycles. The smallest absolute Gasteiger partial charge is 0.154 e. The molecule has 3 aromatic rings. The minimum atomic E-state index is 0.766. The van der Waals surface area contributed by atoms with Crippen LogP contribution < -0.4 is 5.43 Å². The van der Waals surface area contributed by atoms with E-state index in [4.69, 9.17) is 4.99 Å². The number of hydrogen-bond acceptors (Lipinski definition) is 4. The highest BCUT2D eigenvalue weighted by atomic mass is 32.1. The van der Waals surface area contributed by atoms with Crippen molar-refractivity contribution in [1.29, 1.82) is 0 Å². The van der Waals surface area contributed by atoms with Crippen molar-refractivity contribution < 1.29 is 0 Å². The first-order chi connectivity index (χ1) is 11.3. The second-order valence-electron chi connectivity index (χ2n) is 5.40. The summed E-state index contributed by atoms with van der Waals surface area (Å²) in [6, 6.07) is 20.5. The first-order valence-corrected chi connectivity index (χ1v) is 8.32. The lowest BCUT2D eigenvalue weighted by Crippen LogP contribution is -2.19. The molecule has 0 fully saturated rings. The molecule has 2 aromatic carbocycles. The second kappa shape index (κ2) is 5.82. The van der Waals surface area contributed by atoms with Crippen molar-refractivity contribution in [3.8, 4) is 0 Å². The Morgan fingerprint density at radius 1 is 0.957 bits per heavy atom. The van der Waals surface area contributed by atoms with Gasteiger partial charge in [-0.25, -0.2) is 4.99 Å². The van der Waals surface area contributed by atoms with Gasteiger partial charge in [0.05, 0.1) is 10.6 Å². The number of rotatable bonds is 2. The van der Waals surface area contributed by atoms with Gasteiger partial charge < -0.3 is 0 Å². The van der Waals surface area contributed by atoms with E-state index in [1.807, 2.05) is 36.4 Å². The highest BCUT2D eigenvalue weighted by Crippen LogP contribution is 2.28. The summed E-state index contributed by atoms with van der Waals surface area (Å²) in [6.45, 7) is 2.09. The Balaban J connectivity index is 1.89. The zero-order valence-corrected chi connectivity index (χ0v) is 13.5. The zero-order chi connectivity index (χ0) is 15.6. The lowest BCUT2D eigenvalue weighted by Gasteiger charge is -2.06. The molecule has 0 spiro atoms. The van der Waals surface area contributed by atoms with Gasteiger partial charge in [0.1, 0.15) is 5.71 Å². The van der Waals surface area contributed by atoms with Gasteiger partial charge in [-0.3, -0.25) is 5.43 Å². The molecule has 1 N–H and O–H groups in total. The fraction of sp³-hybridized carbons (Fsp3) is 0.0526. The van der Waals surface area contributed by atoms with Crippen LogP contribution in [0.3, 0.4) is 0 Å². The monoisotopic (exact) mass is 317 g/mol. The van der Waals surface area contributed by atoms with Crippen molar-refractivity contribution in [2.24, 2.45) is 10.1 Å². The van der Waals surface area contributed by atoms with E-state index < -0.39 is 0 Å². The first-order valence-electron chi connectivity index (χ1n) is 7.44. The maximum atomic E-state index is 4.81. The number of aryl methyl sites for hydroxylation is 1. The fourth-order valence-corrected chi connectivity index (χ4v) is 3.31. The highest BCUT2D eigenvalue weighted by Gasteiger charge is 2.17. The van der Waals surface area contributed by atoms with E-state index in [0.29, 0.717) is 0 Å². The quantitative estimate of drug-likeness (QED) is 0.743. The normalized spacial score (nSPS) is 13.4. The number of nitrogens with one attached hydrogen (secondary N) is 1. The van der Waals surface area contributed by atoms with Gasteiger partial charge >= 0.3 is 0 Å². The van der Waals surface area contributed by atoms with Gasteiger partial charge in [0.25, 0.3) is 0 Å². The molecule has 0 unspecified atom stereocenters. The molecule has 2 heterocycles. The molecule has 0 aliphatic carbocycles. The molecule has 112 valence electrons.